The molecule has 3 heterocycles. The first-order chi connectivity index (χ1) is 9.08. The van der Waals surface area contributed by atoms with Crippen molar-refractivity contribution in [2.24, 2.45) is 0 Å². The minimum absolute atomic E-state index is 0.302. The number of rotatable bonds is 2. The molecule has 7 heteroatoms. The summed E-state index contributed by atoms with van der Waals surface area (Å²) in [5.41, 5.74) is 0.699. The van der Waals surface area contributed by atoms with E-state index in [1.165, 1.54) is 17.7 Å². The average Bonchev–Trinajstić information content (AvgIpc) is 2.94. The smallest absolute Gasteiger partial charge is 0.346 e. The van der Waals surface area contributed by atoms with E-state index in [9.17, 15) is 15.0 Å². The maximum atomic E-state index is 11.2. The molecule has 0 aromatic carbocycles. The lowest BCUT2D eigenvalue weighted by molar-refractivity contribution is 0.0701. The van der Waals surface area contributed by atoms with Gasteiger partial charge in [0.2, 0.25) is 0 Å². The van der Waals surface area contributed by atoms with Crippen LogP contribution in [0.2, 0.25) is 0 Å². The third-order valence-corrected chi connectivity index (χ3v) is 4.55. The number of anilines is 1. The Labute approximate surface area is 113 Å². The predicted octanol–water partition coefficient (Wildman–Crippen LogP) is 1.27. The van der Waals surface area contributed by atoms with Crippen molar-refractivity contribution in [3.05, 3.63) is 16.8 Å². The van der Waals surface area contributed by atoms with Crippen molar-refractivity contribution in [3.8, 4) is 0 Å². The molecular weight excluding hydrogens is 266 g/mol. The van der Waals surface area contributed by atoms with Gasteiger partial charge < -0.3 is 15.1 Å². The van der Waals surface area contributed by atoms with Crippen LogP contribution in [0.5, 0.6) is 0 Å². The van der Waals surface area contributed by atoms with Crippen LogP contribution in [0, 0.1) is 6.92 Å². The zero-order valence-corrected chi connectivity index (χ0v) is 11.1. The maximum absolute atomic E-state index is 11.2. The molecule has 1 atom stereocenters. The Kier molecular flexibility index (Phi) is 2.87. The maximum Gasteiger partial charge on any atom is 0.346 e. The zero-order chi connectivity index (χ0) is 13.6. The average molecular weight is 279 g/mol. The highest BCUT2D eigenvalue weighted by molar-refractivity contribution is 7.20. The normalized spacial score (nSPS) is 19.3. The number of aliphatic hydroxyl groups excluding tert-OH is 1. The summed E-state index contributed by atoms with van der Waals surface area (Å²) in [7, 11) is 0. The second-order valence-electron chi connectivity index (χ2n) is 4.63. The van der Waals surface area contributed by atoms with Gasteiger partial charge in [0.25, 0.3) is 0 Å². The molecule has 1 saturated heterocycles. The molecule has 2 N–H and O–H groups in total. The van der Waals surface area contributed by atoms with Crippen LogP contribution in [-0.2, 0) is 0 Å². The quantitative estimate of drug-likeness (QED) is 0.861. The molecule has 19 heavy (non-hydrogen) atoms. The molecule has 0 aliphatic carbocycles. The number of carboxylic acid groups (broad SMARTS) is 1. The van der Waals surface area contributed by atoms with Crippen molar-refractivity contribution in [2.45, 2.75) is 19.4 Å². The highest BCUT2D eigenvalue weighted by Gasteiger charge is 2.26. The van der Waals surface area contributed by atoms with E-state index >= 15 is 0 Å². The number of aryl methyl sites for hydroxylation is 1. The molecule has 2 aromatic rings. The van der Waals surface area contributed by atoms with Crippen LogP contribution >= 0.6 is 11.3 Å². The molecule has 1 aliphatic heterocycles. The molecule has 3 rings (SSSR count). The van der Waals surface area contributed by atoms with E-state index in [2.05, 4.69) is 9.97 Å². The molecular formula is C12H13N3O3S. The summed E-state index contributed by atoms with van der Waals surface area (Å²) in [6.45, 7) is 3.04. The van der Waals surface area contributed by atoms with Crippen molar-refractivity contribution < 1.29 is 15.0 Å². The largest absolute Gasteiger partial charge is 0.477 e. The zero-order valence-electron chi connectivity index (χ0n) is 10.3. The standard InChI is InChI=1S/C12H13N3O3S/c1-6-8-10(15-3-2-7(16)4-15)13-5-14-11(8)19-9(6)12(17)18/h5,7,16H,2-4H2,1H3,(H,17,18)/t7-/m1/s1. The third kappa shape index (κ3) is 1.95. The molecule has 0 saturated carbocycles. The number of carbonyl (C=O) groups is 1. The van der Waals surface area contributed by atoms with E-state index in [0.717, 1.165) is 17.7 Å². The number of aromatic nitrogens is 2. The number of aliphatic hydroxyl groups is 1. The number of hydrogen-bond acceptors (Lipinski definition) is 6. The molecule has 1 aliphatic rings. The van der Waals surface area contributed by atoms with Crippen LogP contribution in [-0.4, -0.2) is 45.3 Å². The number of aromatic carboxylic acids is 1. The second-order valence-corrected chi connectivity index (χ2v) is 5.63. The summed E-state index contributed by atoms with van der Waals surface area (Å²) < 4.78 is 0. The molecule has 0 amide bonds. The fraction of sp³-hybridized carbons (Fsp3) is 0.417. The van der Waals surface area contributed by atoms with Crippen LogP contribution in [0.1, 0.15) is 21.7 Å². The minimum atomic E-state index is -0.937. The molecule has 6 nitrogen and oxygen atoms in total. The highest BCUT2D eigenvalue weighted by Crippen LogP contribution is 2.35. The topological polar surface area (TPSA) is 86.5 Å². The Hall–Kier alpha value is -1.73. The van der Waals surface area contributed by atoms with Gasteiger partial charge in [-0.3, -0.25) is 0 Å². The van der Waals surface area contributed by atoms with Gasteiger partial charge >= 0.3 is 5.97 Å². The van der Waals surface area contributed by atoms with E-state index < -0.39 is 5.97 Å². The van der Waals surface area contributed by atoms with E-state index in [4.69, 9.17) is 0 Å². The van der Waals surface area contributed by atoms with Crippen LogP contribution in [0.25, 0.3) is 10.2 Å². The van der Waals surface area contributed by atoms with Gasteiger partial charge in [0.1, 0.15) is 21.9 Å². The number of β-amino-alcohol motifs (C(OH)–C–C–N with tert-alkyl or cyclic N) is 1. The van der Waals surface area contributed by atoms with Crippen LogP contribution in [0.15, 0.2) is 6.33 Å². The Morgan fingerprint density at radius 1 is 1.53 bits per heavy atom. The van der Waals surface area contributed by atoms with Crippen molar-refractivity contribution in [2.75, 3.05) is 18.0 Å². The van der Waals surface area contributed by atoms with Gasteiger partial charge in [-0.25, -0.2) is 14.8 Å². The fourth-order valence-electron chi connectivity index (χ4n) is 2.43. The first-order valence-corrected chi connectivity index (χ1v) is 6.80. The highest BCUT2D eigenvalue weighted by atomic mass is 32.1. The van der Waals surface area contributed by atoms with E-state index in [-0.39, 0.29) is 6.10 Å². The number of nitrogens with zero attached hydrogens (tertiary/aromatic N) is 3. The first kappa shape index (κ1) is 12.3. The Morgan fingerprint density at radius 2 is 2.32 bits per heavy atom. The molecule has 0 spiro atoms. The van der Waals surface area contributed by atoms with Crippen LogP contribution in [0.4, 0.5) is 5.82 Å². The number of thiophene rings is 1. The van der Waals surface area contributed by atoms with Crippen molar-refractivity contribution in [3.63, 3.8) is 0 Å². The van der Waals surface area contributed by atoms with E-state index in [1.54, 1.807) is 6.92 Å². The number of carboxylic acids is 1. The van der Waals surface area contributed by atoms with E-state index in [0.29, 0.717) is 28.2 Å². The van der Waals surface area contributed by atoms with Gasteiger partial charge in [-0.1, -0.05) is 0 Å². The monoisotopic (exact) mass is 279 g/mol. The first-order valence-electron chi connectivity index (χ1n) is 5.98. The lowest BCUT2D eigenvalue weighted by Crippen LogP contribution is -2.22. The lowest BCUT2D eigenvalue weighted by Gasteiger charge is -2.17. The van der Waals surface area contributed by atoms with Crippen molar-refractivity contribution in [1.29, 1.82) is 0 Å². The van der Waals surface area contributed by atoms with Gasteiger partial charge in [-0.15, -0.1) is 11.3 Å². The van der Waals surface area contributed by atoms with Gasteiger partial charge in [0.05, 0.1) is 11.5 Å². The molecule has 2 aromatic heterocycles. The number of hydrogen-bond donors (Lipinski definition) is 2. The summed E-state index contributed by atoms with van der Waals surface area (Å²) in [6, 6.07) is 0. The number of fused-ring (bicyclic) bond motifs is 1. The van der Waals surface area contributed by atoms with Crippen molar-refractivity contribution >= 4 is 33.3 Å². The van der Waals surface area contributed by atoms with Gasteiger partial charge in [-0.05, 0) is 18.9 Å². The molecule has 0 unspecified atom stereocenters. The van der Waals surface area contributed by atoms with Gasteiger partial charge in [-0.2, -0.15) is 0 Å². The third-order valence-electron chi connectivity index (χ3n) is 3.36. The molecule has 1 fully saturated rings. The molecule has 0 radical (unpaired) electrons. The Morgan fingerprint density at radius 3 is 2.95 bits per heavy atom. The Bertz CT molecular complexity index is 655. The molecule has 0 bridgehead atoms. The summed E-state index contributed by atoms with van der Waals surface area (Å²) in [5.74, 6) is -0.212. The van der Waals surface area contributed by atoms with E-state index in [1.807, 2.05) is 4.90 Å². The Balaban J connectivity index is 2.17. The van der Waals surface area contributed by atoms with Crippen LogP contribution in [0.3, 0.4) is 0 Å². The summed E-state index contributed by atoms with van der Waals surface area (Å²) >= 11 is 1.17. The SMILES string of the molecule is Cc1c(C(=O)O)sc2ncnc(N3CC[C@@H](O)C3)c12. The van der Waals surface area contributed by atoms with Crippen LogP contribution < -0.4 is 4.90 Å². The van der Waals surface area contributed by atoms with Gasteiger partial charge in [0, 0.05) is 13.1 Å². The summed E-state index contributed by atoms with van der Waals surface area (Å²) in [4.78, 5) is 22.6. The predicted molar refractivity (Wildman–Crippen MR) is 71.9 cm³/mol. The fourth-order valence-corrected chi connectivity index (χ4v) is 3.41. The van der Waals surface area contributed by atoms with Gasteiger partial charge in [0.15, 0.2) is 0 Å². The summed E-state index contributed by atoms with van der Waals surface area (Å²) in [5, 5.41) is 19.6. The second kappa shape index (κ2) is 4.43. The molecule has 100 valence electrons. The summed E-state index contributed by atoms with van der Waals surface area (Å²) in [6.07, 6.45) is 1.81. The minimum Gasteiger partial charge on any atom is -0.477 e. The van der Waals surface area contributed by atoms with Crippen molar-refractivity contribution in [1.82, 2.24) is 9.97 Å². The lowest BCUT2D eigenvalue weighted by atomic mass is 10.2.